The monoisotopic (exact) mass is 300 g/mol. The fourth-order valence-electron chi connectivity index (χ4n) is 1.80. The Labute approximate surface area is 125 Å². The van der Waals surface area contributed by atoms with Gasteiger partial charge in [-0.3, -0.25) is 19.7 Å². The van der Waals surface area contributed by atoms with Crippen molar-refractivity contribution in [3.05, 3.63) is 69.8 Å². The van der Waals surface area contributed by atoms with Crippen LogP contribution in [0.15, 0.2) is 48.5 Å². The molecule has 0 bridgehead atoms. The quantitative estimate of drug-likeness (QED) is 0.378. The van der Waals surface area contributed by atoms with Gasteiger partial charge in [-0.1, -0.05) is 30.3 Å². The van der Waals surface area contributed by atoms with Crippen LogP contribution in [0.1, 0.15) is 15.9 Å². The third-order valence-electron chi connectivity index (χ3n) is 2.94. The number of rotatable bonds is 5. The zero-order valence-corrected chi connectivity index (χ0v) is 11.4. The van der Waals surface area contributed by atoms with Gasteiger partial charge in [0.1, 0.15) is 5.75 Å². The number of benzene rings is 2. The zero-order chi connectivity index (χ0) is 16.1. The molecule has 0 unspecified atom stereocenters. The number of Topliss-reactive ketones (excluding diaryl/α,β-unsaturated/α-hetero) is 1. The molecule has 0 radical (unpaired) electrons. The normalized spacial score (nSPS) is 10.0. The van der Waals surface area contributed by atoms with Gasteiger partial charge in [-0.05, 0) is 11.6 Å². The summed E-state index contributed by atoms with van der Waals surface area (Å²) < 4.78 is 0. The second kappa shape index (κ2) is 6.49. The molecule has 2 N–H and O–H groups in total. The molecule has 0 aliphatic heterocycles. The number of phenolic OH excluding ortho intramolecular Hbond substituents is 1. The van der Waals surface area contributed by atoms with Gasteiger partial charge in [-0.15, -0.1) is 0 Å². The maximum Gasteiger partial charge on any atom is 0.292 e. The van der Waals surface area contributed by atoms with E-state index >= 15 is 0 Å². The number of nitro benzene ring substituents is 1. The summed E-state index contributed by atoms with van der Waals surface area (Å²) in [5.74, 6) is -2.46. The number of carbonyl (C=O) groups is 2. The first-order valence-electron chi connectivity index (χ1n) is 6.33. The van der Waals surface area contributed by atoms with E-state index in [-0.39, 0.29) is 12.2 Å². The molecule has 0 saturated heterocycles. The number of carbonyl (C=O) groups excluding carboxylic acids is 2. The largest absolute Gasteiger partial charge is 0.507 e. The molecule has 0 aliphatic rings. The Morgan fingerprint density at radius 2 is 1.82 bits per heavy atom. The van der Waals surface area contributed by atoms with E-state index in [1.165, 1.54) is 0 Å². The first-order valence-corrected chi connectivity index (χ1v) is 6.33. The number of non-ortho nitro benzene ring substituents is 1. The molecule has 2 rings (SSSR count). The second-order valence-corrected chi connectivity index (χ2v) is 4.46. The van der Waals surface area contributed by atoms with E-state index in [4.69, 9.17) is 0 Å². The minimum Gasteiger partial charge on any atom is -0.507 e. The first kappa shape index (κ1) is 15.2. The minimum atomic E-state index is -1.03. The van der Waals surface area contributed by atoms with Crippen molar-refractivity contribution >= 4 is 17.4 Å². The van der Waals surface area contributed by atoms with Gasteiger partial charge in [-0.2, -0.15) is 0 Å². The van der Waals surface area contributed by atoms with Crippen molar-refractivity contribution in [1.29, 1.82) is 0 Å². The second-order valence-electron chi connectivity index (χ2n) is 4.46. The molecule has 0 atom stereocenters. The maximum atomic E-state index is 12.0. The summed E-state index contributed by atoms with van der Waals surface area (Å²) in [6.07, 6.45) is 0. The van der Waals surface area contributed by atoms with Crippen LogP contribution in [0.2, 0.25) is 0 Å². The summed E-state index contributed by atoms with van der Waals surface area (Å²) in [6.45, 7) is 0.140. The van der Waals surface area contributed by atoms with E-state index in [1.54, 1.807) is 24.3 Å². The Balaban J connectivity index is 2.12. The van der Waals surface area contributed by atoms with Gasteiger partial charge in [0.2, 0.25) is 0 Å². The van der Waals surface area contributed by atoms with Crippen LogP contribution in [-0.4, -0.2) is 21.7 Å². The van der Waals surface area contributed by atoms with E-state index in [2.05, 4.69) is 5.32 Å². The zero-order valence-electron chi connectivity index (χ0n) is 11.4. The molecule has 112 valence electrons. The lowest BCUT2D eigenvalue weighted by Gasteiger charge is -2.06. The third-order valence-corrected chi connectivity index (χ3v) is 2.94. The highest BCUT2D eigenvalue weighted by Gasteiger charge is 2.22. The number of phenols is 1. The van der Waals surface area contributed by atoms with Crippen LogP contribution in [0.3, 0.4) is 0 Å². The first-order chi connectivity index (χ1) is 10.5. The van der Waals surface area contributed by atoms with Crippen molar-refractivity contribution in [2.24, 2.45) is 0 Å². The van der Waals surface area contributed by atoms with E-state index in [0.29, 0.717) is 0 Å². The van der Waals surface area contributed by atoms with Gasteiger partial charge in [0.05, 0.1) is 10.5 Å². The molecule has 7 heteroatoms. The van der Waals surface area contributed by atoms with Crippen LogP contribution in [-0.2, 0) is 11.3 Å². The maximum absolute atomic E-state index is 12.0. The number of nitrogens with zero attached hydrogens (tertiary/aromatic N) is 1. The Morgan fingerprint density at radius 3 is 2.45 bits per heavy atom. The van der Waals surface area contributed by atoms with E-state index in [1.807, 2.05) is 6.07 Å². The fraction of sp³-hybridized carbons (Fsp3) is 0.0667. The summed E-state index contributed by atoms with van der Waals surface area (Å²) >= 11 is 0. The molecule has 22 heavy (non-hydrogen) atoms. The fourth-order valence-corrected chi connectivity index (χ4v) is 1.80. The van der Waals surface area contributed by atoms with Crippen LogP contribution in [0.4, 0.5) is 5.69 Å². The van der Waals surface area contributed by atoms with Crippen LogP contribution < -0.4 is 5.32 Å². The standard InChI is InChI=1S/C15H12N2O5/c18-13-7-6-11(17(21)22)8-12(13)14(19)15(20)16-9-10-4-2-1-3-5-10/h1-8,18H,9H2,(H,16,20). The Kier molecular flexibility index (Phi) is 4.47. The molecule has 1 amide bonds. The van der Waals surface area contributed by atoms with Crippen molar-refractivity contribution in [2.75, 3.05) is 0 Å². The molecular weight excluding hydrogens is 288 g/mol. The molecule has 0 heterocycles. The van der Waals surface area contributed by atoms with Crippen molar-refractivity contribution in [3.8, 4) is 5.75 Å². The average molecular weight is 300 g/mol. The van der Waals surface area contributed by atoms with Crippen LogP contribution in [0.5, 0.6) is 5.75 Å². The van der Waals surface area contributed by atoms with Crippen molar-refractivity contribution in [2.45, 2.75) is 6.54 Å². The molecule has 2 aromatic carbocycles. The Morgan fingerprint density at radius 1 is 1.14 bits per heavy atom. The number of nitro groups is 1. The number of hydrogen-bond donors (Lipinski definition) is 2. The molecule has 0 fully saturated rings. The number of aromatic hydroxyl groups is 1. The highest BCUT2D eigenvalue weighted by molar-refractivity contribution is 6.43. The van der Waals surface area contributed by atoms with Gasteiger partial charge < -0.3 is 10.4 Å². The lowest BCUT2D eigenvalue weighted by atomic mass is 10.1. The molecule has 0 spiro atoms. The summed E-state index contributed by atoms with van der Waals surface area (Å²) in [4.78, 5) is 33.7. The lowest BCUT2D eigenvalue weighted by Crippen LogP contribution is -2.30. The summed E-state index contributed by atoms with van der Waals surface area (Å²) in [6, 6.07) is 11.9. The van der Waals surface area contributed by atoms with E-state index < -0.39 is 27.9 Å². The number of hydrogen-bond acceptors (Lipinski definition) is 5. The molecule has 0 aliphatic carbocycles. The molecule has 2 aromatic rings. The minimum absolute atomic E-state index is 0.140. The summed E-state index contributed by atoms with van der Waals surface area (Å²) in [7, 11) is 0. The van der Waals surface area contributed by atoms with Crippen molar-refractivity contribution in [1.82, 2.24) is 5.32 Å². The third kappa shape index (κ3) is 3.45. The van der Waals surface area contributed by atoms with E-state index in [9.17, 15) is 24.8 Å². The molecule has 7 nitrogen and oxygen atoms in total. The predicted molar refractivity (Wildman–Crippen MR) is 77.4 cm³/mol. The molecule has 0 aromatic heterocycles. The van der Waals surface area contributed by atoms with Gasteiger partial charge in [0, 0.05) is 18.7 Å². The van der Waals surface area contributed by atoms with Crippen molar-refractivity contribution < 1.29 is 19.6 Å². The van der Waals surface area contributed by atoms with Crippen molar-refractivity contribution in [3.63, 3.8) is 0 Å². The highest BCUT2D eigenvalue weighted by atomic mass is 16.6. The number of nitrogens with one attached hydrogen (secondary N) is 1. The summed E-state index contributed by atoms with van der Waals surface area (Å²) in [5, 5.41) is 22.7. The van der Waals surface area contributed by atoms with Gasteiger partial charge >= 0.3 is 0 Å². The Hall–Kier alpha value is -3.22. The van der Waals surface area contributed by atoms with Gasteiger partial charge in [0.25, 0.3) is 17.4 Å². The number of ketones is 1. The van der Waals surface area contributed by atoms with E-state index in [0.717, 1.165) is 23.8 Å². The molecule has 0 saturated carbocycles. The number of amides is 1. The Bertz CT molecular complexity index is 728. The summed E-state index contributed by atoms with van der Waals surface area (Å²) in [5.41, 5.74) is 0.0173. The van der Waals surface area contributed by atoms with Gasteiger partial charge in [-0.25, -0.2) is 0 Å². The van der Waals surface area contributed by atoms with Crippen LogP contribution >= 0.6 is 0 Å². The average Bonchev–Trinajstić information content (AvgIpc) is 2.53. The van der Waals surface area contributed by atoms with Gasteiger partial charge in [0.15, 0.2) is 0 Å². The smallest absolute Gasteiger partial charge is 0.292 e. The van der Waals surface area contributed by atoms with Crippen LogP contribution in [0.25, 0.3) is 0 Å². The predicted octanol–water partition coefficient (Wildman–Crippen LogP) is 1.80. The SMILES string of the molecule is O=C(NCc1ccccc1)C(=O)c1cc([N+](=O)[O-])ccc1O. The molecular formula is C15H12N2O5. The van der Waals surface area contributed by atoms with Crippen LogP contribution in [0, 0.1) is 10.1 Å². The topological polar surface area (TPSA) is 110 Å². The highest BCUT2D eigenvalue weighted by Crippen LogP contribution is 2.23. The lowest BCUT2D eigenvalue weighted by molar-refractivity contribution is -0.384.